The van der Waals surface area contributed by atoms with Gasteiger partial charge in [0, 0.05) is 10.5 Å². The Bertz CT molecular complexity index is 140. The van der Waals surface area contributed by atoms with Crippen LogP contribution >= 0.6 is 0 Å². The van der Waals surface area contributed by atoms with Crippen LogP contribution in [0.3, 0.4) is 0 Å². The molecule has 1 nitrogen and oxygen atoms in total. The molecule has 2 heteroatoms. The van der Waals surface area contributed by atoms with E-state index in [1.807, 2.05) is 6.26 Å². The summed E-state index contributed by atoms with van der Waals surface area (Å²) in [4.78, 5) is 0. The fourth-order valence-electron chi connectivity index (χ4n) is 1.16. The first-order valence-corrected chi connectivity index (χ1v) is 6.82. The number of rotatable bonds is 4. The summed E-state index contributed by atoms with van der Waals surface area (Å²) in [5.41, 5.74) is 0. The second-order valence-electron chi connectivity index (χ2n) is 3.57. The summed E-state index contributed by atoms with van der Waals surface area (Å²) >= 11 is 0. The Kier molecular flexibility index (Phi) is 4.30. The maximum atomic E-state index is 12.1. The molecule has 0 fully saturated rings. The number of hydrogen-bond donors (Lipinski definition) is 1. The lowest BCUT2D eigenvalue weighted by molar-refractivity contribution is 0.644. The molecule has 0 rings (SSSR count). The van der Waals surface area contributed by atoms with Crippen molar-refractivity contribution in [2.45, 2.75) is 51.0 Å². The van der Waals surface area contributed by atoms with Crippen LogP contribution in [0.1, 0.15) is 40.5 Å². The molecule has 0 saturated carbocycles. The minimum absolute atomic E-state index is 0.400. The number of hydrogen-bond acceptors (Lipinski definition) is 1. The molecular weight excluding hydrogens is 156 g/mol. The van der Waals surface area contributed by atoms with Crippen LogP contribution in [0.4, 0.5) is 0 Å². The standard InChI is InChI=1S/C9H22OS/c1-6-8(3)11(5,10)9(4)7-2/h8-9,11H,6-7H2,1-5H3. The van der Waals surface area contributed by atoms with Crippen molar-refractivity contribution in [1.82, 2.24) is 0 Å². The van der Waals surface area contributed by atoms with E-state index in [1.165, 1.54) is 0 Å². The van der Waals surface area contributed by atoms with Crippen molar-refractivity contribution in [3.8, 4) is 0 Å². The molecule has 0 amide bonds. The van der Waals surface area contributed by atoms with Gasteiger partial charge < -0.3 is 0 Å². The molecule has 0 aliphatic carbocycles. The molecule has 2 unspecified atom stereocenters. The van der Waals surface area contributed by atoms with Gasteiger partial charge in [-0.1, -0.05) is 27.7 Å². The summed E-state index contributed by atoms with van der Waals surface area (Å²) in [5, 5.41) is 0.801. The molecule has 0 radical (unpaired) electrons. The molecule has 2 atom stereocenters. The van der Waals surface area contributed by atoms with Gasteiger partial charge in [-0.3, -0.25) is 4.21 Å². The highest BCUT2D eigenvalue weighted by atomic mass is 32.2. The molecular formula is C9H22OS. The van der Waals surface area contributed by atoms with Gasteiger partial charge in [0.2, 0.25) is 0 Å². The molecule has 0 aromatic heterocycles. The second kappa shape index (κ2) is 4.24. The maximum Gasteiger partial charge on any atom is 0.00957 e. The Labute approximate surface area is 72.0 Å². The molecule has 0 spiro atoms. The summed E-state index contributed by atoms with van der Waals surface area (Å²) in [6.07, 6.45) is 4.03. The topological polar surface area (TPSA) is 17.1 Å². The lowest BCUT2D eigenvalue weighted by Gasteiger charge is -2.30. The van der Waals surface area contributed by atoms with Crippen molar-refractivity contribution in [2.24, 2.45) is 0 Å². The van der Waals surface area contributed by atoms with E-state index in [0.29, 0.717) is 10.5 Å². The van der Waals surface area contributed by atoms with E-state index in [2.05, 4.69) is 27.7 Å². The summed E-state index contributed by atoms with van der Waals surface area (Å²) < 4.78 is 12.1. The van der Waals surface area contributed by atoms with Crippen molar-refractivity contribution in [1.29, 1.82) is 0 Å². The molecule has 70 valence electrons. The van der Waals surface area contributed by atoms with Crippen LogP contribution in [0.5, 0.6) is 0 Å². The van der Waals surface area contributed by atoms with Crippen molar-refractivity contribution < 1.29 is 4.21 Å². The van der Waals surface area contributed by atoms with E-state index >= 15 is 0 Å². The van der Waals surface area contributed by atoms with Crippen molar-refractivity contribution in [3.63, 3.8) is 0 Å². The van der Waals surface area contributed by atoms with E-state index in [9.17, 15) is 4.21 Å². The summed E-state index contributed by atoms with van der Waals surface area (Å²) in [6, 6.07) is 0. The third-order valence-corrected chi connectivity index (χ3v) is 7.16. The SMILES string of the molecule is CCC(C)[SH](C)(=O)C(C)CC. The smallest absolute Gasteiger partial charge is 0.00957 e. The third kappa shape index (κ3) is 2.58. The Morgan fingerprint density at radius 3 is 1.55 bits per heavy atom. The van der Waals surface area contributed by atoms with Gasteiger partial charge in [0.25, 0.3) is 0 Å². The number of thiol groups is 1. The van der Waals surface area contributed by atoms with Crippen LogP contribution in [-0.2, 0) is 9.93 Å². The molecule has 0 aliphatic rings. The van der Waals surface area contributed by atoms with Crippen molar-refractivity contribution >= 4 is 9.93 Å². The first-order valence-electron chi connectivity index (χ1n) is 4.53. The van der Waals surface area contributed by atoms with E-state index in [4.69, 9.17) is 0 Å². The van der Waals surface area contributed by atoms with Gasteiger partial charge in [-0.15, -0.1) is 9.93 Å². The Hall–Kier alpha value is 0.150. The van der Waals surface area contributed by atoms with Crippen LogP contribution in [0.25, 0.3) is 0 Å². The zero-order chi connectivity index (χ0) is 9.07. The van der Waals surface area contributed by atoms with Crippen LogP contribution < -0.4 is 0 Å². The highest BCUT2D eigenvalue weighted by Gasteiger charge is 2.21. The van der Waals surface area contributed by atoms with Crippen LogP contribution in [-0.4, -0.2) is 21.0 Å². The molecule has 0 saturated heterocycles. The van der Waals surface area contributed by atoms with Gasteiger partial charge in [0.05, 0.1) is 0 Å². The molecule has 0 aromatic carbocycles. The van der Waals surface area contributed by atoms with E-state index < -0.39 is 9.93 Å². The Morgan fingerprint density at radius 2 is 1.36 bits per heavy atom. The van der Waals surface area contributed by atoms with Gasteiger partial charge in [0.1, 0.15) is 0 Å². The van der Waals surface area contributed by atoms with Gasteiger partial charge in [-0.25, -0.2) is 0 Å². The quantitative estimate of drug-likeness (QED) is 0.653. The van der Waals surface area contributed by atoms with Gasteiger partial charge in [0.15, 0.2) is 0 Å². The molecule has 0 aromatic rings. The summed E-state index contributed by atoms with van der Waals surface area (Å²) in [5.74, 6) is 0. The molecule has 0 aliphatic heterocycles. The minimum Gasteiger partial charge on any atom is -0.284 e. The van der Waals surface area contributed by atoms with Crippen LogP contribution in [0.15, 0.2) is 0 Å². The van der Waals surface area contributed by atoms with Gasteiger partial charge in [-0.05, 0) is 19.1 Å². The molecule has 0 bridgehead atoms. The lowest BCUT2D eigenvalue weighted by Crippen LogP contribution is -2.33. The highest BCUT2D eigenvalue weighted by molar-refractivity contribution is 8.03. The normalized spacial score (nSPS) is 19.4. The van der Waals surface area contributed by atoms with Crippen LogP contribution in [0, 0.1) is 0 Å². The van der Waals surface area contributed by atoms with Gasteiger partial charge in [-0.2, -0.15) is 0 Å². The molecule has 0 N–H and O–H groups in total. The average molecular weight is 178 g/mol. The molecule has 0 heterocycles. The predicted molar refractivity (Wildman–Crippen MR) is 55.0 cm³/mol. The zero-order valence-corrected chi connectivity index (χ0v) is 9.32. The Balaban J connectivity index is 4.32. The average Bonchev–Trinajstić information content (AvgIpc) is 2.01. The largest absolute Gasteiger partial charge is 0.284 e. The van der Waals surface area contributed by atoms with E-state index in [1.54, 1.807) is 0 Å². The zero-order valence-electron chi connectivity index (χ0n) is 8.42. The second-order valence-corrected chi connectivity index (χ2v) is 7.45. The maximum absolute atomic E-state index is 12.1. The van der Waals surface area contributed by atoms with Gasteiger partial charge >= 0.3 is 0 Å². The predicted octanol–water partition coefficient (Wildman–Crippen LogP) is 2.23. The monoisotopic (exact) mass is 178 g/mol. The van der Waals surface area contributed by atoms with Crippen molar-refractivity contribution in [2.75, 3.05) is 6.26 Å². The lowest BCUT2D eigenvalue weighted by atomic mass is 10.4. The summed E-state index contributed by atoms with van der Waals surface area (Å²) in [6.45, 7) is 8.44. The fourth-order valence-corrected chi connectivity index (χ4v) is 3.48. The van der Waals surface area contributed by atoms with Crippen molar-refractivity contribution in [3.05, 3.63) is 0 Å². The summed E-state index contributed by atoms with van der Waals surface area (Å²) in [7, 11) is -1.87. The first kappa shape index (κ1) is 11.2. The fraction of sp³-hybridized carbons (Fsp3) is 1.00. The minimum atomic E-state index is -1.87. The van der Waals surface area contributed by atoms with Crippen LogP contribution in [0.2, 0.25) is 0 Å². The van der Waals surface area contributed by atoms with E-state index in [-0.39, 0.29) is 0 Å². The Morgan fingerprint density at radius 1 is 1.09 bits per heavy atom. The highest BCUT2D eigenvalue weighted by Crippen LogP contribution is 2.20. The first-order chi connectivity index (χ1) is 4.96. The third-order valence-electron chi connectivity index (χ3n) is 2.93. The van der Waals surface area contributed by atoms with E-state index in [0.717, 1.165) is 12.8 Å². The molecule has 11 heavy (non-hydrogen) atoms.